The van der Waals surface area contributed by atoms with Crippen LogP contribution in [0.15, 0.2) is 41.3 Å². The first-order chi connectivity index (χ1) is 9.67. The van der Waals surface area contributed by atoms with Crippen molar-refractivity contribution in [3.05, 3.63) is 46.3 Å². The Kier molecular flexibility index (Phi) is 3.47. The van der Waals surface area contributed by atoms with Gasteiger partial charge in [0.15, 0.2) is 17.3 Å². The van der Waals surface area contributed by atoms with E-state index in [9.17, 15) is 0 Å². The fraction of sp³-hybridized carbons (Fsp3) is 0. The molecule has 8 heteroatoms. The molecule has 0 bridgehead atoms. The summed E-state index contributed by atoms with van der Waals surface area (Å²) in [6, 6.07) is 5.46. The molecule has 0 spiro atoms. The molecule has 2 heterocycles. The van der Waals surface area contributed by atoms with Crippen LogP contribution in [0.5, 0.6) is 0 Å². The van der Waals surface area contributed by atoms with Gasteiger partial charge in [-0.05, 0) is 34.1 Å². The molecule has 0 amide bonds. The maximum absolute atomic E-state index is 6.00. The molecule has 3 aromatic rings. The van der Waals surface area contributed by atoms with E-state index in [1.807, 2.05) is 16.7 Å². The lowest BCUT2D eigenvalue weighted by Crippen LogP contribution is -2.11. The molecule has 3 rings (SSSR count). The summed E-state index contributed by atoms with van der Waals surface area (Å²) in [7, 11) is 0. The second-order valence-corrected chi connectivity index (χ2v) is 5.32. The lowest BCUT2D eigenvalue weighted by Gasteiger charge is -2.11. The molecule has 0 saturated heterocycles. The van der Waals surface area contributed by atoms with E-state index in [4.69, 9.17) is 17.4 Å². The molecule has 0 fully saturated rings. The predicted octanol–water partition coefficient (Wildman–Crippen LogP) is 3.17. The monoisotopic (exact) mass is 352 g/mol. The molecular formula is C12H10BrClN6. The van der Waals surface area contributed by atoms with Crippen LogP contribution in [0, 0.1) is 0 Å². The number of hydrogen-bond donors (Lipinski definition) is 3. The first-order valence-electron chi connectivity index (χ1n) is 5.70. The summed E-state index contributed by atoms with van der Waals surface area (Å²) < 4.78 is 2.70. The van der Waals surface area contributed by atoms with Crippen molar-refractivity contribution in [1.82, 2.24) is 14.4 Å². The number of nitrogens with zero attached hydrogens (tertiary/aromatic N) is 3. The first-order valence-corrected chi connectivity index (χ1v) is 6.87. The number of hydrogen-bond acceptors (Lipinski definition) is 5. The average Bonchev–Trinajstić information content (AvgIpc) is 2.91. The largest absolute Gasteiger partial charge is 0.336 e. The highest BCUT2D eigenvalue weighted by Gasteiger charge is 2.09. The Balaban J connectivity index is 2.09. The number of fused-ring (bicyclic) bond motifs is 1. The molecule has 0 saturated carbocycles. The van der Waals surface area contributed by atoms with E-state index in [2.05, 4.69) is 36.6 Å². The van der Waals surface area contributed by atoms with Gasteiger partial charge < -0.3 is 15.1 Å². The summed E-state index contributed by atoms with van der Waals surface area (Å²) in [5.74, 6) is 6.52. The second-order valence-electron chi connectivity index (χ2n) is 4.03. The van der Waals surface area contributed by atoms with Gasteiger partial charge >= 0.3 is 0 Å². The number of anilines is 3. The Bertz CT molecular complexity index is 772. The second kappa shape index (κ2) is 5.28. The summed E-state index contributed by atoms with van der Waals surface area (Å²) in [6.07, 6.45) is 5.26. The smallest absolute Gasteiger partial charge is 0.180 e. The van der Waals surface area contributed by atoms with E-state index in [-0.39, 0.29) is 0 Å². The number of rotatable bonds is 3. The number of benzene rings is 1. The maximum Gasteiger partial charge on any atom is 0.180 e. The molecule has 2 aromatic heterocycles. The molecular weight excluding hydrogens is 344 g/mol. The van der Waals surface area contributed by atoms with Gasteiger partial charge in [0.05, 0.1) is 11.9 Å². The van der Waals surface area contributed by atoms with Crippen molar-refractivity contribution in [3.8, 4) is 0 Å². The third kappa shape index (κ3) is 2.43. The van der Waals surface area contributed by atoms with E-state index >= 15 is 0 Å². The Hall–Kier alpha value is -1.83. The summed E-state index contributed by atoms with van der Waals surface area (Å²) in [5.41, 5.74) is 4.01. The average molecular weight is 354 g/mol. The van der Waals surface area contributed by atoms with Crippen molar-refractivity contribution < 1.29 is 0 Å². The van der Waals surface area contributed by atoms with Crippen LogP contribution in [-0.2, 0) is 0 Å². The van der Waals surface area contributed by atoms with Crippen molar-refractivity contribution in [1.29, 1.82) is 0 Å². The molecule has 0 aliphatic carbocycles. The highest BCUT2D eigenvalue weighted by Crippen LogP contribution is 2.29. The molecule has 102 valence electrons. The quantitative estimate of drug-likeness (QED) is 0.498. The van der Waals surface area contributed by atoms with Gasteiger partial charge in [-0.3, -0.25) is 0 Å². The molecule has 4 N–H and O–H groups in total. The summed E-state index contributed by atoms with van der Waals surface area (Å²) in [4.78, 5) is 8.63. The summed E-state index contributed by atoms with van der Waals surface area (Å²) >= 11 is 9.47. The highest BCUT2D eigenvalue weighted by molar-refractivity contribution is 9.10. The minimum atomic E-state index is 0.524. The van der Waals surface area contributed by atoms with Gasteiger partial charge in [0.1, 0.15) is 0 Å². The van der Waals surface area contributed by atoms with Crippen molar-refractivity contribution in [2.24, 2.45) is 5.84 Å². The van der Waals surface area contributed by atoms with E-state index < -0.39 is 0 Å². The molecule has 0 radical (unpaired) electrons. The van der Waals surface area contributed by atoms with Crippen LogP contribution >= 0.6 is 27.5 Å². The predicted molar refractivity (Wildman–Crippen MR) is 83.2 cm³/mol. The standard InChI is InChI=1S/C12H10BrClN6/c13-8-2-1-7(14)5-9(8)17-11-12-16-3-4-20(12)6-10(18-11)19-15/h1-6,19H,15H2,(H,17,18). The molecule has 0 atom stereocenters. The first kappa shape index (κ1) is 13.2. The van der Waals surface area contributed by atoms with E-state index in [1.165, 1.54) is 0 Å². The minimum absolute atomic E-state index is 0.524. The lowest BCUT2D eigenvalue weighted by molar-refractivity contribution is 1.11. The van der Waals surface area contributed by atoms with Gasteiger partial charge in [-0.1, -0.05) is 11.6 Å². The van der Waals surface area contributed by atoms with Gasteiger partial charge in [0.25, 0.3) is 0 Å². The number of aromatic nitrogens is 3. The Labute approximate surface area is 128 Å². The highest BCUT2D eigenvalue weighted by atomic mass is 79.9. The Morgan fingerprint density at radius 1 is 1.35 bits per heavy atom. The number of imidazole rings is 1. The van der Waals surface area contributed by atoms with Gasteiger partial charge in [0, 0.05) is 21.9 Å². The van der Waals surface area contributed by atoms with Crippen molar-refractivity contribution in [2.45, 2.75) is 0 Å². The van der Waals surface area contributed by atoms with Crippen LogP contribution in [0.3, 0.4) is 0 Å². The van der Waals surface area contributed by atoms with Crippen LogP contribution in [0.1, 0.15) is 0 Å². The van der Waals surface area contributed by atoms with Crippen molar-refractivity contribution >= 4 is 50.5 Å². The number of nitrogen functional groups attached to an aromatic ring is 1. The van der Waals surface area contributed by atoms with E-state index in [0.717, 1.165) is 10.2 Å². The van der Waals surface area contributed by atoms with Gasteiger partial charge in [-0.2, -0.15) is 0 Å². The number of hydrazine groups is 1. The van der Waals surface area contributed by atoms with Crippen LogP contribution in [0.4, 0.5) is 17.3 Å². The lowest BCUT2D eigenvalue weighted by atomic mass is 10.3. The zero-order chi connectivity index (χ0) is 14.1. The molecule has 1 aromatic carbocycles. The molecule has 0 unspecified atom stereocenters. The normalized spacial score (nSPS) is 10.8. The van der Waals surface area contributed by atoms with Crippen molar-refractivity contribution in [2.75, 3.05) is 10.7 Å². The van der Waals surface area contributed by atoms with Gasteiger partial charge in [0.2, 0.25) is 0 Å². The SMILES string of the molecule is NNc1cn2ccnc2c(Nc2cc(Cl)ccc2Br)n1. The zero-order valence-corrected chi connectivity index (χ0v) is 12.5. The van der Waals surface area contributed by atoms with Crippen LogP contribution in [0.25, 0.3) is 5.65 Å². The maximum atomic E-state index is 6.00. The fourth-order valence-corrected chi connectivity index (χ4v) is 2.32. The number of halogens is 2. The molecule has 6 nitrogen and oxygen atoms in total. The van der Waals surface area contributed by atoms with Crippen LogP contribution < -0.4 is 16.6 Å². The molecule has 20 heavy (non-hydrogen) atoms. The van der Waals surface area contributed by atoms with Gasteiger partial charge in [-0.25, -0.2) is 15.8 Å². The Morgan fingerprint density at radius 3 is 3.00 bits per heavy atom. The zero-order valence-electron chi connectivity index (χ0n) is 10.1. The Morgan fingerprint density at radius 2 is 2.20 bits per heavy atom. The topological polar surface area (TPSA) is 80.3 Å². The van der Waals surface area contributed by atoms with Crippen LogP contribution in [0.2, 0.25) is 5.02 Å². The third-order valence-electron chi connectivity index (χ3n) is 2.70. The summed E-state index contributed by atoms with van der Waals surface area (Å²) in [6.45, 7) is 0. The minimum Gasteiger partial charge on any atom is -0.336 e. The molecule has 0 aliphatic heterocycles. The third-order valence-corrected chi connectivity index (χ3v) is 3.63. The van der Waals surface area contributed by atoms with Crippen molar-refractivity contribution in [3.63, 3.8) is 0 Å². The van der Waals surface area contributed by atoms with E-state index in [1.54, 1.807) is 24.5 Å². The van der Waals surface area contributed by atoms with Crippen LogP contribution in [-0.4, -0.2) is 14.4 Å². The number of nitrogens with two attached hydrogens (primary N) is 1. The van der Waals surface area contributed by atoms with E-state index in [0.29, 0.717) is 22.3 Å². The van der Waals surface area contributed by atoms with Gasteiger partial charge in [-0.15, -0.1) is 0 Å². The summed E-state index contributed by atoms with van der Waals surface area (Å²) in [5, 5.41) is 3.82. The number of nitrogens with one attached hydrogen (secondary N) is 2. The molecule has 0 aliphatic rings. The fourth-order valence-electron chi connectivity index (χ4n) is 1.81.